The molecule has 1 aromatic carbocycles. The number of carbonyl (C=O) groups excluding carboxylic acids is 2. The number of halogens is 1. The van der Waals surface area contributed by atoms with Crippen molar-refractivity contribution in [2.75, 3.05) is 11.1 Å². The van der Waals surface area contributed by atoms with Crippen LogP contribution in [0, 0.1) is 0 Å². The molecule has 0 bridgehead atoms. The normalized spacial score (nSPS) is 24.8. The minimum Gasteiger partial charge on any atom is -0.315 e. The summed E-state index contributed by atoms with van der Waals surface area (Å²) in [5, 5.41) is 3.49. The minimum atomic E-state index is -0.407. The number of hydrogen-bond donors (Lipinski definition) is 1. The van der Waals surface area contributed by atoms with Gasteiger partial charge in [0.15, 0.2) is 5.13 Å². The number of thioether (sulfide) groups is 1. The number of rotatable bonds is 4. The van der Waals surface area contributed by atoms with Gasteiger partial charge < -0.3 is 10.2 Å². The number of benzene rings is 1. The van der Waals surface area contributed by atoms with Gasteiger partial charge in [-0.25, -0.2) is 4.98 Å². The average molecular weight is 452 g/mol. The van der Waals surface area contributed by atoms with E-state index in [1.165, 1.54) is 16.9 Å². The molecule has 1 aromatic heterocycles. The fraction of sp³-hybridized carbons (Fsp3) is 0.389. The summed E-state index contributed by atoms with van der Waals surface area (Å²) in [5.41, 5.74) is 1.18. The molecule has 2 aliphatic heterocycles. The first-order valence-electron chi connectivity index (χ1n) is 8.41. The number of nitrogens with one attached hydrogen (secondary N) is 1. The quantitative estimate of drug-likeness (QED) is 0.765. The van der Waals surface area contributed by atoms with Crippen LogP contribution in [0.3, 0.4) is 0 Å². The summed E-state index contributed by atoms with van der Waals surface area (Å²) in [4.78, 5) is 31.8. The molecule has 3 heterocycles. The van der Waals surface area contributed by atoms with E-state index in [4.69, 9.17) is 0 Å². The van der Waals surface area contributed by atoms with Crippen LogP contribution < -0.4 is 5.32 Å². The van der Waals surface area contributed by atoms with Gasteiger partial charge in [-0.3, -0.25) is 9.59 Å². The van der Waals surface area contributed by atoms with Crippen LogP contribution >= 0.6 is 39.0 Å². The Labute approximate surface area is 168 Å². The van der Waals surface area contributed by atoms with Crippen molar-refractivity contribution in [3.05, 3.63) is 45.4 Å². The van der Waals surface area contributed by atoms with E-state index in [1.54, 1.807) is 22.9 Å². The highest BCUT2D eigenvalue weighted by Crippen LogP contribution is 2.47. The molecule has 0 aliphatic carbocycles. The summed E-state index contributed by atoms with van der Waals surface area (Å²) < 4.78 is 1.06. The smallest absolute Gasteiger partial charge is 0.249 e. The van der Waals surface area contributed by atoms with E-state index in [0.717, 1.165) is 22.2 Å². The number of thiazole rings is 1. The fourth-order valence-corrected chi connectivity index (χ4v) is 6.18. The van der Waals surface area contributed by atoms with Gasteiger partial charge in [-0.05, 0) is 25.0 Å². The molecule has 0 unspecified atom stereocenters. The first-order valence-corrected chi connectivity index (χ1v) is 11.0. The monoisotopic (exact) mass is 451 g/mol. The summed E-state index contributed by atoms with van der Waals surface area (Å²) in [6, 6.07) is 7.67. The first-order chi connectivity index (χ1) is 12.5. The predicted molar refractivity (Wildman–Crippen MR) is 108 cm³/mol. The van der Waals surface area contributed by atoms with Crippen molar-refractivity contribution in [2.24, 2.45) is 0 Å². The maximum atomic E-state index is 12.7. The molecule has 2 aliphatic rings. The van der Waals surface area contributed by atoms with Gasteiger partial charge in [-0.1, -0.05) is 34.1 Å². The van der Waals surface area contributed by atoms with Gasteiger partial charge in [0.25, 0.3) is 0 Å². The maximum absolute atomic E-state index is 12.7. The largest absolute Gasteiger partial charge is 0.315 e. The Bertz CT molecular complexity index is 872. The number of aromatic nitrogens is 1. The standard InChI is InChI=1S/C18H18BrN3O2S2/c1-18-7-6-15(23)22(18)14(10-25-18)16(24)21-17-20-9-12(26-17)8-11-4-2-3-5-13(11)19/h2-5,9,14H,6-8,10H2,1H3,(H,20,21,24)/t14-,18-/m1/s1. The summed E-state index contributed by atoms with van der Waals surface area (Å²) in [5.74, 6) is 0.577. The van der Waals surface area contributed by atoms with Crippen LogP contribution in [-0.2, 0) is 16.0 Å². The van der Waals surface area contributed by atoms with Crippen LogP contribution in [0.2, 0.25) is 0 Å². The molecule has 136 valence electrons. The highest BCUT2D eigenvalue weighted by Gasteiger charge is 2.52. The second-order valence-electron chi connectivity index (χ2n) is 6.65. The summed E-state index contributed by atoms with van der Waals surface area (Å²) in [6.07, 6.45) is 3.90. The van der Waals surface area contributed by atoms with Crippen molar-refractivity contribution >= 4 is 56.0 Å². The zero-order chi connectivity index (χ0) is 18.3. The molecule has 2 fully saturated rings. The molecule has 2 saturated heterocycles. The molecule has 0 radical (unpaired) electrons. The Hall–Kier alpha value is -1.38. The number of hydrogen-bond acceptors (Lipinski definition) is 5. The van der Waals surface area contributed by atoms with Gasteiger partial charge in [0.05, 0.1) is 4.87 Å². The van der Waals surface area contributed by atoms with Crippen molar-refractivity contribution in [3.63, 3.8) is 0 Å². The lowest BCUT2D eigenvalue weighted by Crippen LogP contribution is -2.48. The SMILES string of the molecule is C[C@@]12CCC(=O)N1[C@@H](C(=O)Nc1ncc(Cc3ccccc3Br)s1)CS2. The van der Waals surface area contributed by atoms with Crippen molar-refractivity contribution in [2.45, 2.75) is 37.1 Å². The molecule has 4 rings (SSSR count). The van der Waals surface area contributed by atoms with Crippen molar-refractivity contribution in [3.8, 4) is 0 Å². The molecule has 1 N–H and O–H groups in total. The predicted octanol–water partition coefficient (Wildman–Crippen LogP) is 3.89. The third-order valence-electron chi connectivity index (χ3n) is 4.85. The van der Waals surface area contributed by atoms with E-state index >= 15 is 0 Å². The molecule has 26 heavy (non-hydrogen) atoms. The third-order valence-corrected chi connectivity index (χ3v) is 8.05. The van der Waals surface area contributed by atoms with Gasteiger partial charge in [-0.15, -0.1) is 23.1 Å². The van der Waals surface area contributed by atoms with Crippen LogP contribution in [0.15, 0.2) is 34.9 Å². The van der Waals surface area contributed by atoms with E-state index in [1.807, 2.05) is 18.2 Å². The van der Waals surface area contributed by atoms with Gasteiger partial charge in [0.2, 0.25) is 11.8 Å². The van der Waals surface area contributed by atoms with Gasteiger partial charge in [0.1, 0.15) is 6.04 Å². The third kappa shape index (κ3) is 3.30. The Morgan fingerprint density at radius 3 is 3.08 bits per heavy atom. The number of nitrogens with zero attached hydrogens (tertiary/aromatic N) is 2. The van der Waals surface area contributed by atoms with Crippen molar-refractivity contribution in [1.82, 2.24) is 9.88 Å². The molecule has 0 spiro atoms. The molecule has 0 saturated carbocycles. The maximum Gasteiger partial charge on any atom is 0.249 e. The number of carbonyl (C=O) groups is 2. The van der Waals surface area contributed by atoms with E-state index in [-0.39, 0.29) is 16.7 Å². The Balaban J connectivity index is 1.44. The minimum absolute atomic E-state index is 0.0754. The highest BCUT2D eigenvalue weighted by atomic mass is 79.9. The zero-order valence-electron chi connectivity index (χ0n) is 14.2. The second-order valence-corrected chi connectivity index (χ2v) is 10.1. The highest BCUT2D eigenvalue weighted by molar-refractivity contribution is 9.10. The lowest BCUT2D eigenvalue weighted by Gasteiger charge is -2.29. The van der Waals surface area contributed by atoms with Gasteiger partial charge in [0, 0.05) is 34.1 Å². The average Bonchev–Trinajstić information content (AvgIpc) is 3.26. The van der Waals surface area contributed by atoms with Crippen LogP contribution in [0.1, 0.15) is 30.2 Å². The van der Waals surface area contributed by atoms with E-state index < -0.39 is 6.04 Å². The van der Waals surface area contributed by atoms with Gasteiger partial charge >= 0.3 is 0 Å². The van der Waals surface area contributed by atoms with Crippen molar-refractivity contribution < 1.29 is 9.59 Å². The first kappa shape index (κ1) is 18.0. The van der Waals surface area contributed by atoms with Crippen LogP contribution in [0.4, 0.5) is 5.13 Å². The Kier molecular flexibility index (Phi) is 4.83. The molecular formula is C18H18BrN3O2S2. The molecule has 2 amide bonds. The van der Waals surface area contributed by atoms with Crippen LogP contribution in [-0.4, -0.2) is 38.4 Å². The summed E-state index contributed by atoms with van der Waals surface area (Å²) in [7, 11) is 0. The lowest BCUT2D eigenvalue weighted by atomic mass is 10.1. The van der Waals surface area contributed by atoms with E-state index in [2.05, 4.69) is 39.2 Å². The summed E-state index contributed by atoms with van der Waals surface area (Å²) in [6.45, 7) is 2.05. The van der Waals surface area contributed by atoms with Crippen LogP contribution in [0.5, 0.6) is 0 Å². The van der Waals surface area contributed by atoms with Crippen molar-refractivity contribution in [1.29, 1.82) is 0 Å². The lowest BCUT2D eigenvalue weighted by molar-refractivity contribution is -0.135. The molecule has 2 aromatic rings. The van der Waals surface area contributed by atoms with E-state index in [9.17, 15) is 9.59 Å². The molecule has 8 heteroatoms. The second kappa shape index (κ2) is 6.98. The Morgan fingerprint density at radius 2 is 2.27 bits per heavy atom. The summed E-state index contributed by atoms with van der Waals surface area (Å²) >= 11 is 6.73. The number of amides is 2. The molecular weight excluding hydrogens is 434 g/mol. The van der Waals surface area contributed by atoms with Crippen LogP contribution in [0.25, 0.3) is 0 Å². The van der Waals surface area contributed by atoms with E-state index in [0.29, 0.717) is 17.3 Å². The molecule has 5 nitrogen and oxygen atoms in total. The molecule has 2 atom stereocenters. The number of fused-ring (bicyclic) bond motifs is 1. The fourth-order valence-electron chi connectivity index (χ4n) is 3.48. The zero-order valence-corrected chi connectivity index (χ0v) is 17.4. The Morgan fingerprint density at radius 1 is 1.46 bits per heavy atom. The topological polar surface area (TPSA) is 62.3 Å². The number of anilines is 1. The van der Waals surface area contributed by atoms with Gasteiger partial charge in [-0.2, -0.15) is 0 Å².